The van der Waals surface area contributed by atoms with Crippen LogP contribution < -0.4 is 0 Å². The van der Waals surface area contributed by atoms with Gasteiger partial charge in [-0.25, -0.2) is 0 Å². The fourth-order valence-electron chi connectivity index (χ4n) is 8.40. The van der Waals surface area contributed by atoms with Gasteiger partial charge in [-0.2, -0.15) is 0 Å². The molecule has 0 unspecified atom stereocenters. The van der Waals surface area contributed by atoms with Crippen LogP contribution in [0.3, 0.4) is 0 Å². The molecule has 9 rings (SSSR count). The van der Waals surface area contributed by atoms with Crippen LogP contribution >= 0.6 is 0 Å². The number of hydrogen-bond donors (Lipinski definition) is 0. The van der Waals surface area contributed by atoms with Gasteiger partial charge in [-0.15, -0.1) is 0 Å². The Morgan fingerprint density at radius 2 is 0.593 bits per heavy atom. The average molecular weight is 712 g/mol. The van der Waals surface area contributed by atoms with Gasteiger partial charge in [0.05, 0.1) is 0 Å². The summed E-state index contributed by atoms with van der Waals surface area (Å²) in [6.45, 7) is 13.2. The molecule has 54 heavy (non-hydrogen) atoms. The maximum atomic E-state index is 2.39. The summed E-state index contributed by atoms with van der Waals surface area (Å²) in [4.78, 5) is 0. The molecule has 3 aromatic heterocycles. The Balaban J connectivity index is 0.000000126. The van der Waals surface area contributed by atoms with Crippen molar-refractivity contribution in [3.05, 3.63) is 143 Å². The Hall–Kier alpha value is -5.28. The molecule has 0 aliphatic rings. The molecule has 0 bridgehead atoms. The van der Waals surface area contributed by atoms with Crippen LogP contribution in [0.15, 0.2) is 109 Å². The third-order valence-corrected chi connectivity index (χ3v) is 11.5. The number of rotatable bonds is 6. The van der Waals surface area contributed by atoms with Crippen molar-refractivity contribution in [3.8, 4) is 0 Å². The Bertz CT molecular complexity index is 2580. The zero-order valence-corrected chi connectivity index (χ0v) is 34.0. The lowest BCUT2D eigenvalue weighted by Gasteiger charge is -2.00. The molecule has 3 heteroatoms. The second-order valence-electron chi connectivity index (χ2n) is 15.3. The fourth-order valence-corrected chi connectivity index (χ4v) is 8.40. The highest BCUT2D eigenvalue weighted by Crippen LogP contribution is 2.32. The summed E-state index contributed by atoms with van der Waals surface area (Å²) in [6, 6.07) is 40.9. The van der Waals surface area contributed by atoms with Crippen molar-refractivity contribution in [2.75, 3.05) is 0 Å². The number of hydrogen-bond acceptors (Lipinski definition) is 0. The number of aryl methyl sites for hydroxylation is 9. The molecule has 0 aliphatic carbocycles. The van der Waals surface area contributed by atoms with Gasteiger partial charge >= 0.3 is 0 Å². The Kier molecular flexibility index (Phi) is 10.7. The van der Waals surface area contributed by atoms with Crippen LogP contribution in [0.25, 0.3) is 65.4 Å². The Labute approximate surface area is 321 Å². The van der Waals surface area contributed by atoms with E-state index in [4.69, 9.17) is 0 Å². The van der Waals surface area contributed by atoms with Crippen LogP contribution in [0.2, 0.25) is 0 Å². The van der Waals surface area contributed by atoms with Gasteiger partial charge in [-0.1, -0.05) is 88.1 Å². The van der Waals surface area contributed by atoms with E-state index in [1.54, 1.807) is 0 Å². The van der Waals surface area contributed by atoms with Crippen molar-refractivity contribution in [1.29, 1.82) is 0 Å². The van der Waals surface area contributed by atoms with Crippen molar-refractivity contribution < 1.29 is 0 Å². The van der Waals surface area contributed by atoms with Crippen LogP contribution in [0, 0.1) is 13.8 Å². The van der Waals surface area contributed by atoms with Gasteiger partial charge in [0, 0.05) is 86.6 Å². The summed E-state index contributed by atoms with van der Waals surface area (Å²) < 4.78 is 6.88. The summed E-state index contributed by atoms with van der Waals surface area (Å²) >= 11 is 0. The molecule has 0 amide bonds. The third-order valence-electron chi connectivity index (χ3n) is 11.5. The lowest BCUT2D eigenvalue weighted by Crippen LogP contribution is -1.88. The van der Waals surface area contributed by atoms with E-state index >= 15 is 0 Å². The van der Waals surface area contributed by atoms with Crippen LogP contribution in [0.1, 0.15) is 73.9 Å². The standard InChI is InChI=1S/C19H23N.C17H19N.C15H15N/c1-4-6-14-8-10-18-16(12-14)17-13-15(7-5-2)9-11-19(17)20(18)3;1-4-12-6-8-16-14(10-12)15-11-13(5-2)7-9-17(15)18(16)3;1-10-4-6-14-12(8-10)13-9-11(2)5-7-15(13)16(14)3/h8-13H,4-7H2,1-3H3;6-11H,4-5H2,1-3H3;4-9H,1-3H3. The lowest BCUT2D eigenvalue weighted by molar-refractivity contribution is 0.922. The molecule has 0 spiro atoms. The van der Waals surface area contributed by atoms with Crippen molar-refractivity contribution in [2.24, 2.45) is 21.1 Å². The van der Waals surface area contributed by atoms with Gasteiger partial charge in [-0.3, -0.25) is 0 Å². The monoisotopic (exact) mass is 711 g/mol. The van der Waals surface area contributed by atoms with E-state index < -0.39 is 0 Å². The molecule has 3 heterocycles. The molecular weight excluding hydrogens is 655 g/mol. The number of benzene rings is 6. The van der Waals surface area contributed by atoms with E-state index in [0.29, 0.717) is 0 Å². The van der Waals surface area contributed by atoms with Crippen LogP contribution in [-0.4, -0.2) is 13.7 Å². The maximum Gasteiger partial charge on any atom is 0.0488 e. The first-order chi connectivity index (χ1) is 26.1. The maximum absolute atomic E-state index is 2.39. The van der Waals surface area contributed by atoms with Gasteiger partial charge in [-0.05, 0) is 135 Å². The molecule has 0 saturated carbocycles. The smallest absolute Gasteiger partial charge is 0.0488 e. The van der Waals surface area contributed by atoms with Crippen LogP contribution in [-0.2, 0) is 46.8 Å². The molecule has 6 aromatic carbocycles. The predicted octanol–water partition coefficient (Wildman–Crippen LogP) is 13.6. The summed E-state index contributed by atoms with van der Waals surface area (Å²) in [7, 11) is 6.46. The molecule has 276 valence electrons. The van der Waals surface area contributed by atoms with E-state index in [1.165, 1.54) is 124 Å². The van der Waals surface area contributed by atoms with Gasteiger partial charge < -0.3 is 13.7 Å². The minimum absolute atomic E-state index is 1.10. The van der Waals surface area contributed by atoms with Crippen LogP contribution in [0.4, 0.5) is 0 Å². The predicted molar refractivity (Wildman–Crippen MR) is 237 cm³/mol. The van der Waals surface area contributed by atoms with E-state index in [2.05, 4.69) is 186 Å². The number of fused-ring (bicyclic) bond motifs is 9. The fraction of sp³-hybridized carbons (Fsp3) is 0.294. The van der Waals surface area contributed by atoms with Crippen molar-refractivity contribution >= 4 is 65.4 Å². The molecule has 0 saturated heterocycles. The molecule has 0 atom stereocenters. The Morgan fingerprint density at radius 3 is 0.889 bits per heavy atom. The lowest BCUT2D eigenvalue weighted by atomic mass is 10.0. The molecule has 0 N–H and O–H groups in total. The summed E-state index contributed by atoms with van der Waals surface area (Å²) in [5.74, 6) is 0. The highest BCUT2D eigenvalue weighted by atomic mass is 14.9. The highest BCUT2D eigenvalue weighted by molar-refractivity contribution is 6.10. The summed E-state index contributed by atoms with van der Waals surface area (Å²) in [5.41, 5.74) is 16.3. The van der Waals surface area contributed by atoms with E-state index in [0.717, 1.165) is 12.8 Å². The van der Waals surface area contributed by atoms with E-state index in [9.17, 15) is 0 Å². The molecule has 9 aromatic rings. The van der Waals surface area contributed by atoms with E-state index in [-0.39, 0.29) is 0 Å². The first-order valence-corrected chi connectivity index (χ1v) is 20.1. The quantitative estimate of drug-likeness (QED) is 0.163. The highest BCUT2D eigenvalue weighted by Gasteiger charge is 2.11. The molecule has 0 aliphatic heterocycles. The van der Waals surface area contributed by atoms with E-state index in [1.807, 2.05) is 0 Å². The largest absolute Gasteiger partial charge is 0.344 e. The normalized spacial score (nSPS) is 11.5. The molecule has 0 fully saturated rings. The number of nitrogens with zero attached hydrogens (tertiary/aromatic N) is 3. The molecular formula is C51H57N3. The van der Waals surface area contributed by atoms with Crippen molar-refractivity contribution in [3.63, 3.8) is 0 Å². The average Bonchev–Trinajstić information content (AvgIpc) is 3.74. The zero-order chi connectivity index (χ0) is 38.1. The van der Waals surface area contributed by atoms with Gasteiger partial charge in [0.1, 0.15) is 0 Å². The second-order valence-corrected chi connectivity index (χ2v) is 15.3. The van der Waals surface area contributed by atoms with Crippen molar-refractivity contribution in [1.82, 2.24) is 13.7 Å². The first kappa shape index (κ1) is 37.1. The first-order valence-electron chi connectivity index (χ1n) is 20.1. The zero-order valence-electron chi connectivity index (χ0n) is 34.0. The Morgan fingerprint density at radius 1 is 0.333 bits per heavy atom. The SMILES string of the molecule is CCCc1ccc2c(c1)c1cc(CCC)ccc1n2C.CCc1ccc2c(c1)c1cc(CC)ccc1n2C.Cc1ccc2c(c1)c1cc(C)ccc1n2C. The van der Waals surface area contributed by atoms with Gasteiger partial charge in [0.2, 0.25) is 0 Å². The van der Waals surface area contributed by atoms with Crippen molar-refractivity contribution in [2.45, 2.75) is 80.1 Å². The molecule has 0 radical (unpaired) electrons. The van der Waals surface area contributed by atoms with Crippen LogP contribution in [0.5, 0.6) is 0 Å². The topological polar surface area (TPSA) is 14.8 Å². The minimum Gasteiger partial charge on any atom is -0.344 e. The minimum atomic E-state index is 1.10. The van der Waals surface area contributed by atoms with Gasteiger partial charge in [0.25, 0.3) is 0 Å². The summed E-state index contributed by atoms with van der Waals surface area (Å²) in [5, 5.41) is 8.32. The third kappa shape index (κ3) is 6.93. The summed E-state index contributed by atoms with van der Waals surface area (Å²) in [6.07, 6.45) is 6.94. The number of aromatic nitrogens is 3. The van der Waals surface area contributed by atoms with Gasteiger partial charge in [0.15, 0.2) is 0 Å². The molecule has 3 nitrogen and oxygen atoms in total. The second kappa shape index (κ2) is 15.6.